The van der Waals surface area contributed by atoms with Gasteiger partial charge >= 0.3 is 5.97 Å². The van der Waals surface area contributed by atoms with E-state index in [-0.39, 0.29) is 5.97 Å². The third kappa shape index (κ3) is 5.05. The zero-order valence-electron chi connectivity index (χ0n) is 18.4. The van der Waals surface area contributed by atoms with Crippen molar-refractivity contribution in [3.8, 4) is 0 Å². The molecule has 30 heavy (non-hydrogen) atoms. The van der Waals surface area contributed by atoms with Gasteiger partial charge in [0.05, 0.1) is 12.7 Å². The first-order valence-electron chi connectivity index (χ1n) is 11.8. The molecule has 0 unspecified atom stereocenters. The van der Waals surface area contributed by atoms with Gasteiger partial charge in [0.1, 0.15) is 0 Å². The number of methoxy groups -OCH3 is 1. The number of carbonyl (C=O) groups is 2. The van der Waals surface area contributed by atoms with Crippen molar-refractivity contribution in [2.75, 3.05) is 26.7 Å². The molecule has 0 aromatic heterocycles. The summed E-state index contributed by atoms with van der Waals surface area (Å²) in [6.07, 6.45) is 10.9. The average Bonchev–Trinajstić information content (AvgIpc) is 2.79. The largest absolute Gasteiger partial charge is 0.465 e. The van der Waals surface area contributed by atoms with Crippen LogP contribution in [0.2, 0.25) is 0 Å². The Morgan fingerprint density at radius 3 is 2.57 bits per heavy atom. The zero-order valence-corrected chi connectivity index (χ0v) is 18.4. The number of hydrogen-bond donors (Lipinski definition) is 0. The summed E-state index contributed by atoms with van der Waals surface area (Å²) < 4.78 is 4.78. The van der Waals surface area contributed by atoms with E-state index in [1.807, 2.05) is 24.3 Å². The van der Waals surface area contributed by atoms with Crippen molar-refractivity contribution in [3.05, 3.63) is 35.4 Å². The second-order valence-corrected chi connectivity index (χ2v) is 9.46. The normalized spacial score (nSPS) is 25.8. The number of nitrogens with zero attached hydrogens (tertiary/aromatic N) is 2. The number of ether oxygens (including phenoxy) is 1. The lowest BCUT2D eigenvalue weighted by atomic mass is 9.82. The van der Waals surface area contributed by atoms with E-state index in [0.717, 1.165) is 44.9 Å². The van der Waals surface area contributed by atoms with Crippen LogP contribution in [0, 0.1) is 11.8 Å². The minimum Gasteiger partial charge on any atom is -0.465 e. The van der Waals surface area contributed by atoms with Crippen molar-refractivity contribution in [3.63, 3.8) is 0 Å². The summed E-state index contributed by atoms with van der Waals surface area (Å²) in [7, 11) is 1.41. The minimum atomic E-state index is -0.289. The van der Waals surface area contributed by atoms with Crippen molar-refractivity contribution in [2.45, 2.75) is 70.4 Å². The van der Waals surface area contributed by atoms with Gasteiger partial charge in [0.25, 0.3) is 0 Å². The SMILES string of the molecule is COC(=O)c1ccc(CN2CC[C@H]3[C@H](CCC(=O)N3CCC3CCCCC3)C2)cc1. The molecule has 0 spiro atoms. The summed E-state index contributed by atoms with van der Waals surface area (Å²) in [4.78, 5) is 29.1. The van der Waals surface area contributed by atoms with Crippen LogP contribution < -0.4 is 0 Å². The van der Waals surface area contributed by atoms with Crippen LogP contribution in [0.4, 0.5) is 0 Å². The van der Waals surface area contributed by atoms with E-state index >= 15 is 0 Å². The number of carbonyl (C=O) groups excluding carboxylic acids is 2. The van der Waals surface area contributed by atoms with Crippen LogP contribution in [0.5, 0.6) is 0 Å². The van der Waals surface area contributed by atoms with Crippen LogP contribution in [-0.4, -0.2) is 54.5 Å². The Bertz CT molecular complexity index is 726. The molecule has 1 amide bonds. The van der Waals surface area contributed by atoms with Crippen LogP contribution in [0.1, 0.15) is 73.7 Å². The van der Waals surface area contributed by atoms with Gasteiger partial charge in [-0.05, 0) is 48.8 Å². The Hall–Kier alpha value is -1.88. The van der Waals surface area contributed by atoms with Gasteiger partial charge in [-0.15, -0.1) is 0 Å². The number of hydrogen-bond acceptors (Lipinski definition) is 4. The van der Waals surface area contributed by atoms with Crippen molar-refractivity contribution >= 4 is 11.9 Å². The highest BCUT2D eigenvalue weighted by atomic mass is 16.5. The second-order valence-electron chi connectivity index (χ2n) is 9.46. The number of likely N-dealkylation sites (tertiary alicyclic amines) is 2. The van der Waals surface area contributed by atoms with E-state index in [1.54, 1.807) is 0 Å². The molecule has 4 rings (SSSR count). The van der Waals surface area contributed by atoms with E-state index in [2.05, 4.69) is 9.80 Å². The molecule has 164 valence electrons. The molecule has 2 heterocycles. The smallest absolute Gasteiger partial charge is 0.337 e. The van der Waals surface area contributed by atoms with E-state index < -0.39 is 0 Å². The summed E-state index contributed by atoms with van der Waals surface area (Å²) in [5, 5.41) is 0. The van der Waals surface area contributed by atoms with Gasteiger partial charge in [0, 0.05) is 38.6 Å². The van der Waals surface area contributed by atoms with E-state index in [4.69, 9.17) is 4.74 Å². The Morgan fingerprint density at radius 2 is 1.83 bits per heavy atom. The molecule has 2 saturated heterocycles. The summed E-state index contributed by atoms with van der Waals surface area (Å²) >= 11 is 0. The van der Waals surface area contributed by atoms with Gasteiger partial charge in [-0.2, -0.15) is 0 Å². The van der Waals surface area contributed by atoms with Gasteiger partial charge in [-0.1, -0.05) is 44.2 Å². The molecule has 1 aromatic carbocycles. The molecule has 2 aliphatic heterocycles. The first kappa shape index (κ1) is 21.4. The molecule has 2 atom stereocenters. The predicted molar refractivity (Wildman–Crippen MR) is 117 cm³/mol. The quantitative estimate of drug-likeness (QED) is 0.655. The Labute approximate surface area is 180 Å². The lowest BCUT2D eigenvalue weighted by molar-refractivity contribution is -0.141. The lowest BCUT2D eigenvalue weighted by Crippen LogP contribution is -2.56. The Morgan fingerprint density at radius 1 is 1.07 bits per heavy atom. The van der Waals surface area contributed by atoms with Crippen LogP contribution in [0.25, 0.3) is 0 Å². The van der Waals surface area contributed by atoms with E-state index in [0.29, 0.717) is 29.9 Å². The molecule has 5 heteroatoms. The first-order chi connectivity index (χ1) is 14.6. The molecule has 3 aliphatic rings. The molecule has 5 nitrogen and oxygen atoms in total. The standard InChI is InChI=1S/C25H36N2O3/c1-30-25(29)21-9-7-20(8-10-21)17-26-15-14-23-22(18-26)11-12-24(28)27(23)16-13-19-5-3-2-4-6-19/h7-10,19,22-23H,2-6,11-18H2,1H3/t22-,23+/m1/s1. The van der Waals surface area contributed by atoms with E-state index in [1.165, 1.54) is 51.2 Å². The summed E-state index contributed by atoms with van der Waals surface area (Å²) in [5.74, 6) is 1.53. The minimum absolute atomic E-state index is 0.289. The highest BCUT2D eigenvalue weighted by molar-refractivity contribution is 5.89. The topological polar surface area (TPSA) is 49.9 Å². The Balaban J connectivity index is 1.31. The fourth-order valence-electron chi connectivity index (χ4n) is 5.78. The molecule has 0 radical (unpaired) electrons. The number of esters is 1. The summed E-state index contributed by atoms with van der Waals surface area (Å²) in [5.41, 5.74) is 1.82. The zero-order chi connectivity index (χ0) is 20.9. The lowest BCUT2D eigenvalue weighted by Gasteiger charge is -2.47. The molecular formula is C25H36N2O3. The maximum absolute atomic E-state index is 12.7. The van der Waals surface area contributed by atoms with Crippen molar-refractivity contribution in [1.29, 1.82) is 0 Å². The number of piperidine rings is 2. The number of amides is 1. The highest BCUT2D eigenvalue weighted by Gasteiger charge is 2.39. The molecule has 3 fully saturated rings. The number of rotatable bonds is 6. The maximum Gasteiger partial charge on any atom is 0.337 e. The molecule has 0 N–H and O–H groups in total. The van der Waals surface area contributed by atoms with Crippen molar-refractivity contribution in [1.82, 2.24) is 9.80 Å². The second kappa shape index (κ2) is 9.95. The third-order valence-corrected chi connectivity index (χ3v) is 7.51. The Kier molecular flexibility index (Phi) is 7.08. The van der Waals surface area contributed by atoms with Crippen molar-refractivity contribution in [2.24, 2.45) is 11.8 Å². The van der Waals surface area contributed by atoms with Gasteiger partial charge in [-0.3, -0.25) is 9.69 Å². The average molecular weight is 413 g/mol. The molecule has 1 aromatic rings. The van der Waals surface area contributed by atoms with Crippen LogP contribution in [0.3, 0.4) is 0 Å². The maximum atomic E-state index is 12.7. The van der Waals surface area contributed by atoms with E-state index in [9.17, 15) is 9.59 Å². The third-order valence-electron chi connectivity index (χ3n) is 7.51. The summed E-state index contributed by atoms with van der Waals surface area (Å²) in [6, 6.07) is 8.19. The van der Waals surface area contributed by atoms with Gasteiger partial charge in [0.15, 0.2) is 0 Å². The fraction of sp³-hybridized carbons (Fsp3) is 0.680. The predicted octanol–water partition coefficient (Wildman–Crippen LogP) is 4.26. The monoisotopic (exact) mass is 412 g/mol. The van der Waals surface area contributed by atoms with Gasteiger partial charge < -0.3 is 9.64 Å². The highest BCUT2D eigenvalue weighted by Crippen LogP contribution is 2.33. The van der Waals surface area contributed by atoms with Crippen LogP contribution in [-0.2, 0) is 16.1 Å². The molecule has 1 aliphatic carbocycles. The number of fused-ring (bicyclic) bond motifs is 1. The molecule has 1 saturated carbocycles. The fourth-order valence-corrected chi connectivity index (χ4v) is 5.78. The first-order valence-corrected chi connectivity index (χ1v) is 11.8. The number of benzene rings is 1. The van der Waals surface area contributed by atoms with Crippen molar-refractivity contribution < 1.29 is 14.3 Å². The molecule has 0 bridgehead atoms. The molecular weight excluding hydrogens is 376 g/mol. The van der Waals surface area contributed by atoms with Gasteiger partial charge in [0.2, 0.25) is 5.91 Å². The van der Waals surface area contributed by atoms with Gasteiger partial charge in [-0.25, -0.2) is 4.79 Å². The van der Waals surface area contributed by atoms with Crippen LogP contribution in [0.15, 0.2) is 24.3 Å². The summed E-state index contributed by atoms with van der Waals surface area (Å²) in [6.45, 7) is 3.98. The van der Waals surface area contributed by atoms with Crippen LogP contribution >= 0.6 is 0 Å².